The monoisotopic (exact) mass is 471 g/mol. The van der Waals surface area contributed by atoms with Crippen LogP contribution in [0, 0.1) is 12.3 Å². The first-order valence-electron chi connectivity index (χ1n) is 11.3. The van der Waals surface area contributed by atoms with Crippen LogP contribution in [-0.2, 0) is 11.3 Å². The quantitative estimate of drug-likeness (QED) is 0.465. The minimum Gasteiger partial charge on any atom is -0.491 e. The number of aryl methyl sites for hydroxylation is 1. The summed E-state index contributed by atoms with van der Waals surface area (Å²) in [4.78, 5) is 17.0. The summed E-state index contributed by atoms with van der Waals surface area (Å²) in [5, 5.41) is 16.9. The van der Waals surface area contributed by atoms with E-state index >= 15 is 0 Å². The maximum Gasteiger partial charge on any atom is 0.283 e. The molecule has 0 unspecified atom stereocenters. The number of ether oxygens (including phenoxy) is 1. The van der Waals surface area contributed by atoms with Gasteiger partial charge in [-0.3, -0.25) is 10.2 Å². The lowest BCUT2D eigenvalue weighted by molar-refractivity contribution is -0.114. The lowest BCUT2D eigenvalue weighted by atomic mass is 10.1. The van der Waals surface area contributed by atoms with Gasteiger partial charge < -0.3 is 9.30 Å². The summed E-state index contributed by atoms with van der Waals surface area (Å²) in [6.07, 6.45) is 5.51. The number of carbonyl (C=O) groups excluding carboxylic acids is 1. The van der Waals surface area contributed by atoms with Gasteiger partial charge in [-0.1, -0.05) is 43.3 Å². The Kier molecular flexibility index (Phi) is 6.06. The van der Waals surface area contributed by atoms with Gasteiger partial charge >= 0.3 is 0 Å². The molecule has 0 fully saturated rings. The third kappa shape index (κ3) is 4.17. The predicted octanol–water partition coefficient (Wildman–Crippen LogP) is 5.45. The number of aliphatic imine (C=N–C) groups is 1. The van der Waals surface area contributed by atoms with Crippen molar-refractivity contribution >= 4 is 50.7 Å². The highest BCUT2D eigenvalue weighted by Gasteiger charge is 2.35. The number of benzene rings is 2. The Morgan fingerprint density at radius 1 is 1.15 bits per heavy atom. The van der Waals surface area contributed by atoms with Crippen LogP contribution >= 0.6 is 11.8 Å². The summed E-state index contributed by atoms with van der Waals surface area (Å²) in [6, 6.07) is 16.0. The van der Waals surface area contributed by atoms with Gasteiger partial charge in [0.1, 0.15) is 17.4 Å². The normalized spacial score (nSPS) is 16.8. The maximum atomic E-state index is 12.8. The van der Waals surface area contributed by atoms with E-state index in [0.717, 1.165) is 45.7 Å². The molecule has 0 radical (unpaired) electrons. The number of nitrogens with zero attached hydrogens (tertiary/aromatic N) is 4. The standard InChI is InChI=1S/C26H25N5O2S/c1-3-8-23-29-31-24(27)20(25(32)28-26(31)34-23)15-18-16-30(21-11-6-5-10-19(18)21)13-14-33-22-12-7-4-9-17(22)2/h4-7,9-12,15-16,27H,3,8,13-14H2,1-2H3/b20-15+,27-24?. The Morgan fingerprint density at radius 2 is 1.94 bits per heavy atom. The van der Waals surface area contributed by atoms with E-state index in [1.807, 2.05) is 61.7 Å². The molecule has 2 aliphatic heterocycles. The van der Waals surface area contributed by atoms with Crippen LogP contribution in [0.1, 0.15) is 30.9 Å². The lowest BCUT2D eigenvalue weighted by Crippen LogP contribution is -2.35. The number of carbonyl (C=O) groups is 1. The number of thioether (sulfide) groups is 1. The highest BCUT2D eigenvalue weighted by Crippen LogP contribution is 2.31. The van der Waals surface area contributed by atoms with Gasteiger partial charge in [0.15, 0.2) is 5.84 Å². The van der Waals surface area contributed by atoms with Crippen molar-refractivity contribution in [2.45, 2.75) is 33.2 Å². The van der Waals surface area contributed by atoms with E-state index in [0.29, 0.717) is 18.3 Å². The molecule has 2 aliphatic rings. The first-order valence-corrected chi connectivity index (χ1v) is 12.1. The number of amidine groups is 2. The third-order valence-corrected chi connectivity index (χ3v) is 6.73. The van der Waals surface area contributed by atoms with Gasteiger partial charge in [-0.25, -0.2) is 0 Å². The molecule has 0 atom stereocenters. The zero-order valence-corrected chi connectivity index (χ0v) is 19.9. The summed E-state index contributed by atoms with van der Waals surface area (Å²) in [5.41, 5.74) is 3.25. The van der Waals surface area contributed by atoms with Crippen LogP contribution < -0.4 is 4.74 Å². The molecule has 0 saturated heterocycles. The van der Waals surface area contributed by atoms with Crippen molar-refractivity contribution in [1.82, 2.24) is 9.58 Å². The Labute approximate surface area is 202 Å². The molecule has 1 N–H and O–H groups in total. The molecule has 8 heteroatoms. The van der Waals surface area contributed by atoms with Gasteiger partial charge in [0.2, 0.25) is 5.17 Å². The van der Waals surface area contributed by atoms with E-state index < -0.39 is 5.91 Å². The molecule has 0 bridgehead atoms. The molecule has 3 aromatic rings. The number of rotatable bonds is 7. The SMILES string of the molecule is CCCC1=NN2C(=N)/C(=C\c3cn(CCOc4ccccc4C)c4ccccc34)C(=O)N=C2S1. The summed E-state index contributed by atoms with van der Waals surface area (Å²) >= 11 is 1.37. The second kappa shape index (κ2) is 9.30. The average Bonchev–Trinajstić information content (AvgIpc) is 3.39. The topological polar surface area (TPSA) is 83.0 Å². The molecule has 0 aliphatic carbocycles. The van der Waals surface area contributed by atoms with Gasteiger partial charge in [0, 0.05) is 22.7 Å². The first-order chi connectivity index (χ1) is 16.5. The first kappa shape index (κ1) is 22.2. The van der Waals surface area contributed by atoms with Crippen molar-refractivity contribution in [3.8, 4) is 5.75 Å². The summed E-state index contributed by atoms with van der Waals surface area (Å²) < 4.78 is 8.11. The van der Waals surface area contributed by atoms with E-state index in [4.69, 9.17) is 10.1 Å². The molecular formula is C26H25N5O2S. The van der Waals surface area contributed by atoms with Crippen LogP contribution in [0.5, 0.6) is 5.75 Å². The second-order valence-electron chi connectivity index (χ2n) is 8.17. The van der Waals surface area contributed by atoms with Crippen molar-refractivity contribution in [3.63, 3.8) is 0 Å². The van der Waals surface area contributed by atoms with Crippen LogP contribution in [0.2, 0.25) is 0 Å². The van der Waals surface area contributed by atoms with Crippen LogP contribution in [0.25, 0.3) is 17.0 Å². The second-order valence-corrected chi connectivity index (χ2v) is 9.21. The molecule has 3 heterocycles. The number of nitrogens with one attached hydrogen (secondary N) is 1. The third-order valence-electron chi connectivity index (χ3n) is 5.76. The van der Waals surface area contributed by atoms with Gasteiger partial charge in [0.25, 0.3) is 5.91 Å². The largest absolute Gasteiger partial charge is 0.491 e. The Hall–Kier alpha value is -3.65. The summed E-state index contributed by atoms with van der Waals surface area (Å²) in [5.74, 6) is 0.535. The van der Waals surface area contributed by atoms with E-state index in [2.05, 4.69) is 21.6 Å². The molecule has 2 aromatic carbocycles. The van der Waals surface area contributed by atoms with Crippen molar-refractivity contribution in [2.75, 3.05) is 6.61 Å². The fraction of sp³-hybridized carbons (Fsp3) is 0.231. The minimum atomic E-state index is -0.406. The van der Waals surface area contributed by atoms with Gasteiger partial charge in [-0.05, 0) is 55.3 Å². The number of para-hydroxylation sites is 2. The Bertz CT molecular complexity index is 1380. The molecule has 0 saturated carbocycles. The maximum absolute atomic E-state index is 12.8. The average molecular weight is 472 g/mol. The highest BCUT2D eigenvalue weighted by molar-refractivity contribution is 8.26. The van der Waals surface area contributed by atoms with E-state index in [-0.39, 0.29) is 11.4 Å². The highest BCUT2D eigenvalue weighted by atomic mass is 32.2. The number of hydrogen-bond donors (Lipinski definition) is 1. The molecule has 7 nitrogen and oxygen atoms in total. The number of amides is 1. The minimum absolute atomic E-state index is 0.0633. The zero-order chi connectivity index (χ0) is 23.7. The molecule has 1 amide bonds. The van der Waals surface area contributed by atoms with Crippen LogP contribution in [0.3, 0.4) is 0 Å². The molecule has 172 valence electrons. The fourth-order valence-electron chi connectivity index (χ4n) is 4.05. The number of hydrogen-bond acceptors (Lipinski definition) is 5. The van der Waals surface area contributed by atoms with Crippen molar-refractivity contribution in [1.29, 1.82) is 5.41 Å². The van der Waals surface area contributed by atoms with Crippen molar-refractivity contribution in [3.05, 3.63) is 71.4 Å². The molecule has 5 rings (SSSR count). The molecule has 0 spiro atoms. The van der Waals surface area contributed by atoms with Crippen LogP contribution in [0.4, 0.5) is 0 Å². The van der Waals surface area contributed by atoms with Gasteiger partial charge in [0.05, 0.1) is 12.1 Å². The summed E-state index contributed by atoms with van der Waals surface area (Å²) in [7, 11) is 0. The predicted molar refractivity (Wildman–Crippen MR) is 139 cm³/mol. The zero-order valence-electron chi connectivity index (χ0n) is 19.1. The number of aromatic nitrogens is 1. The fourth-order valence-corrected chi connectivity index (χ4v) is 5.04. The summed E-state index contributed by atoms with van der Waals surface area (Å²) in [6.45, 7) is 5.27. The van der Waals surface area contributed by atoms with Gasteiger partial charge in [-0.15, -0.1) is 0 Å². The van der Waals surface area contributed by atoms with Crippen molar-refractivity contribution in [2.24, 2.45) is 10.1 Å². The Morgan fingerprint density at radius 3 is 2.76 bits per heavy atom. The number of hydrazone groups is 1. The van der Waals surface area contributed by atoms with E-state index in [1.54, 1.807) is 6.08 Å². The Balaban J connectivity index is 1.43. The van der Waals surface area contributed by atoms with E-state index in [1.165, 1.54) is 16.8 Å². The lowest BCUT2D eigenvalue weighted by Gasteiger charge is -2.20. The van der Waals surface area contributed by atoms with Crippen molar-refractivity contribution < 1.29 is 9.53 Å². The molecule has 1 aromatic heterocycles. The molecular weight excluding hydrogens is 446 g/mol. The molecule has 34 heavy (non-hydrogen) atoms. The smallest absolute Gasteiger partial charge is 0.283 e. The number of fused-ring (bicyclic) bond motifs is 2. The van der Waals surface area contributed by atoms with Crippen LogP contribution in [0.15, 0.2) is 70.4 Å². The van der Waals surface area contributed by atoms with E-state index in [9.17, 15) is 4.79 Å². The van der Waals surface area contributed by atoms with Gasteiger partial charge in [-0.2, -0.15) is 15.1 Å². The van der Waals surface area contributed by atoms with Crippen LogP contribution in [-0.4, -0.2) is 38.1 Å².